The van der Waals surface area contributed by atoms with E-state index >= 15 is 0 Å². The number of amides is 2. The van der Waals surface area contributed by atoms with Gasteiger partial charge in [0.15, 0.2) is 17.6 Å². The molecule has 1 N–H and O–H groups in total. The van der Waals surface area contributed by atoms with Crippen LogP contribution in [0.25, 0.3) is 0 Å². The first-order valence-corrected chi connectivity index (χ1v) is 10.8. The predicted molar refractivity (Wildman–Crippen MR) is 119 cm³/mol. The maximum Gasteiger partial charge on any atom is 0.265 e. The van der Waals surface area contributed by atoms with E-state index in [1.54, 1.807) is 4.90 Å². The number of anilines is 2. The molecule has 1 atom stereocenters. The van der Waals surface area contributed by atoms with Gasteiger partial charge in [0, 0.05) is 12.7 Å². The van der Waals surface area contributed by atoms with Crippen molar-refractivity contribution < 1.29 is 14.3 Å². The molecule has 0 bridgehead atoms. The van der Waals surface area contributed by atoms with E-state index in [1.165, 1.54) is 11.8 Å². The first kappa shape index (κ1) is 20.9. The lowest BCUT2D eigenvalue weighted by Gasteiger charge is -2.33. The Morgan fingerprint density at radius 2 is 1.94 bits per heavy atom. The summed E-state index contributed by atoms with van der Waals surface area (Å²) in [7, 11) is 1.84. The van der Waals surface area contributed by atoms with Crippen LogP contribution >= 0.6 is 11.8 Å². The number of benzene rings is 2. The number of nitrogens with zero attached hydrogens (tertiary/aromatic N) is 4. The third-order valence-corrected chi connectivity index (χ3v) is 6.06. The van der Waals surface area contributed by atoms with E-state index in [0.717, 1.165) is 11.3 Å². The molecule has 2 aromatic carbocycles. The van der Waals surface area contributed by atoms with Crippen LogP contribution in [0.3, 0.4) is 0 Å². The zero-order chi connectivity index (χ0) is 22.0. The highest BCUT2D eigenvalue weighted by atomic mass is 32.2. The minimum Gasteiger partial charge on any atom is -0.482 e. The second-order valence-corrected chi connectivity index (χ2v) is 8.24. The molecule has 0 saturated heterocycles. The summed E-state index contributed by atoms with van der Waals surface area (Å²) >= 11 is 1.30. The fourth-order valence-corrected chi connectivity index (χ4v) is 4.16. The van der Waals surface area contributed by atoms with Crippen LogP contribution in [0.15, 0.2) is 53.7 Å². The number of thioether (sulfide) groups is 1. The molecule has 160 valence electrons. The van der Waals surface area contributed by atoms with Gasteiger partial charge in [0.1, 0.15) is 5.75 Å². The van der Waals surface area contributed by atoms with E-state index in [-0.39, 0.29) is 30.2 Å². The summed E-state index contributed by atoms with van der Waals surface area (Å²) in [6.45, 7) is 3.89. The van der Waals surface area contributed by atoms with E-state index in [2.05, 4.69) is 15.5 Å². The van der Waals surface area contributed by atoms with Crippen molar-refractivity contribution in [2.75, 3.05) is 22.6 Å². The van der Waals surface area contributed by atoms with E-state index in [0.29, 0.717) is 22.4 Å². The molecule has 1 aliphatic rings. The summed E-state index contributed by atoms with van der Waals surface area (Å²) in [5.74, 6) is 1.24. The van der Waals surface area contributed by atoms with Gasteiger partial charge in [-0.1, -0.05) is 41.6 Å². The second-order valence-electron chi connectivity index (χ2n) is 7.30. The molecule has 8 nitrogen and oxygen atoms in total. The summed E-state index contributed by atoms with van der Waals surface area (Å²) in [6.07, 6.45) is 0. The van der Waals surface area contributed by atoms with Gasteiger partial charge >= 0.3 is 0 Å². The van der Waals surface area contributed by atoms with E-state index in [1.807, 2.05) is 74.0 Å². The normalized spacial score (nSPS) is 14.0. The molecule has 0 unspecified atom stereocenters. The number of ether oxygens (including phenoxy) is 1. The van der Waals surface area contributed by atoms with Gasteiger partial charge in [-0.15, -0.1) is 10.2 Å². The van der Waals surface area contributed by atoms with Gasteiger partial charge in [0.2, 0.25) is 5.91 Å². The number of aromatic nitrogens is 3. The molecular weight excluding hydrogens is 414 g/mol. The number of para-hydroxylation sites is 2. The molecule has 2 heterocycles. The van der Waals surface area contributed by atoms with Gasteiger partial charge in [-0.05, 0) is 38.1 Å². The lowest BCUT2D eigenvalue weighted by Crippen LogP contribution is -2.41. The quantitative estimate of drug-likeness (QED) is 0.595. The lowest BCUT2D eigenvalue weighted by atomic mass is 10.1. The first-order chi connectivity index (χ1) is 14.9. The molecule has 9 heteroatoms. The van der Waals surface area contributed by atoms with Crippen LogP contribution in [-0.4, -0.2) is 38.9 Å². The fourth-order valence-electron chi connectivity index (χ4n) is 3.44. The minimum absolute atomic E-state index is 0.0139. The summed E-state index contributed by atoms with van der Waals surface area (Å²) in [5, 5.41) is 12.0. The molecule has 0 fully saturated rings. The standard InChI is InChI=1S/C22H23N5O3S/c1-14-8-10-16(11-9-14)23-19(28)13-31-22-25-24-21(26(22)3)15(2)27-17-6-4-5-7-18(17)30-12-20(27)29/h4-11,15H,12-13H2,1-3H3,(H,23,28)/t15-/m1/s1. The van der Waals surface area contributed by atoms with Crippen LogP contribution in [0.1, 0.15) is 24.4 Å². The van der Waals surface area contributed by atoms with Crippen molar-refractivity contribution in [1.82, 2.24) is 14.8 Å². The van der Waals surface area contributed by atoms with Crippen molar-refractivity contribution in [3.05, 3.63) is 59.9 Å². The first-order valence-electron chi connectivity index (χ1n) is 9.86. The van der Waals surface area contributed by atoms with Crippen molar-refractivity contribution in [2.45, 2.75) is 25.0 Å². The van der Waals surface area contributed by atoms with E-state index in [9.17, 15) is 9.59 Å². The number of carbonyl (C=O) groups excluding carboxylic acids is 2. The molecule has 0 radical (unpaired) electrons. The Morgan fingerprint density at radius 3 is 2.71 bits per heavy atom. The number of fused-ring (bicyclic) bond motifs is 1. The number of hydrogen-bond acceptors (Lipinski definition) is 6. The predicted octanol–water partition coefficient (Wildman–Crippen LogP) is 3.34. The molecule has 0 saturated carbocycles. The Labute approximate surface area is 184 Å². The van der Waals surface area contributed by atoms with Gasteiger partial charge in [0.05, 0.1) is 17.5 Å². The van der Waals surface area contributed by atoms with E-state index < -0.39 is 0 Å². The SMILES string of the molecule is Cc1ccc(NC(=O)CSc2nnc([C@@H](C)N3C(=O)COc4ccccc43)n2C)cc1. The monoisotopic (exact) mass is 437 g/mol. The molecule has 2 amide bonds. The summed E-state index contributed by atoms with van der Waals surface area (Å²) < 4.78 is 7.34. The minimum atomic E-state index is -0.342. The Balaban J connectivity index is 1.45. The average Bonchev–Trinajstić information content (AvgIpc) is 3.14. The van der Waals surface area contributed by atoms with Crippen LogP contribution < -0.4 is 15.0 Å². The molecule has 0 spiro atoms. The molecular formula is C22H23N5O3S. The van der Waals surface area contributed by atoms with Crippen molar-refractivity contribution in [2.24, 2.45) is 7.05 Å². The number of rotatable bonds is 6. The topological polar surface area (TPSA) is 89.3 Å². The number of aryl methyl sites for hydroxylation is 1. The third kappa shape index (κ3) is 4.41. The Kier molecular flexibility index (Phi) is 5.94. The number of nitrogens with one attached hydrogen (secondary N) is 1. The largest absolute Gasteiger partial charge is 0.482 e. The van der Waals surface area contributed by atoms with Crippen molar-refractivity contribution in [3.63, 3.8) is 0 Å². The smallest absolute Gasteiger partial charge is 0.265 e. The van der Waals surface area contributed by atoms with Crippen LogP contribution in [0.5, 0.6) is 5.75 Å². The van der Waals surface area contributed by atoms with Gasteiger partial charge in [-0.25, -0.2) is 0 Å². The van der Waals surface area contributed by atoms with Crippen molar-refractivity contribution in [3.8, 4) is 5.75 Å². The van der Waals surface area contributed by atoms with E-state index in [4.69, 9.17) is 4.74 Å². The zero-order valence-electron chi connectivity index (χ0n) is 17.5. The van der Waals surface area contributed by atoms with Gasteiger partial charge in [-0.3, -0.25) is 14.5 Å². The fraction of sp³-hybridized carbons (Fsp3) is 0.273. The maximum absolute atomic E-state index is 12.6. The lowest BCUT2D eigenvalue weighted by molar-refractivity contribution is -0.121. The zero-order valence-corrected chi connectivity index (χ0v) is 18.3. The molecule has 1 aromatic heterocycles. The van der Waals surface area contributed by atoms with Gasteiger partial charge < -0.3 is 14.6 Å². The van der Waals surface area contributed by atoms with Crippen LogP contribution in [0.4, 0.5) is 11.4 Å². The third-order valence-electron chi connectivity index (χ3n) is 5.04. The Hall–Kier alpha value is -3.33. The van der Waals surface area contributed by atoms with Gasteiger partial charge in [0.25, 0.3) is 5.91 Å². The highest BCUT2D eigenvalue weighted by Crippen LogP contribution is 2.37. The number of carbonyl (C=O) groups is 2. The average molecular weight is 438 g/mol. The maximum atomic E-state index is 12.6. The number of hydrogen-bond donors (Lipinski definition) is 1. The molecule has 1 aliphatic heterocycles. The summed E-state index contributed by atoms with van der Waals surface area (Å²) in [5.41, 5.74) is 2.60. The summed E-state index contributed by atoms with van der Waals surface area (Å²) in [6, 6.07) is 14.7. The summed E-state index contributed by atoms with van der Waals surface area (Å²) in [4.78, 5) is 26.6. The highest BCUT2D eigenvalue weighted by Gasteiger charge is 2.32. The molecule has 3 aromatic rings. The van der Waals surface area contributed by atoms with Crippen LogP contribution in [-0.2, 0) is 16.6 Å². The highest BCUT2D eigenvalue weighted by molar-refractivity contribution is 7.99. The van der Waals surface area contributed by atoms with Crippen molar-refractivity contribution >= 4 is 35.0 Å². The second kappa shape index (κ2) is 8.81. The Morgan fingerprint density at radius 1 is 1.19 bits per heavy atom. The van der Waals surface area contributed by atoms with Gasteiger partial charge in [-0.2, -0.15) is 0 Å². The molecule has 0 aliphatic carbocycles. The van der Waals surface area contributed by atoms with Crippen LogP contribution in [0.2, 0.25) is 0 Å². The molecule has 4 rings (SSSR count). The molecule has 31 heavy (non-hydrogen) atoms. The Bertz CT molecular complexity index is 1110. The van der Waals surface area contributed by atoms with Crippen molar-refractivity contribution in [1.29, 1.82) is 0 Å². The van der Waals surface area contributed by atoms with Crippen LogP contribution in [0, 0.1) is 6.92 Å².